The highest BCUT2D eigenvalue weighted by Crippen LogP contribution is 2.30. The summed E-state index contributed by atoms with van der Waals surface area (Å²) in [7, 11) is 0. The van der Waals surface area contributed by atoms with Crippen molar-refractivity contribution in [1.82, 2.24) is 19.9 Å². The van der Waals surface area contributed by atoms with Crippen LogP contribution in [0, 0.1) is 6.92 Å². The zero-order chi connectivity index (χ0) is 26.2. The van der Waals surface area contributed by atoms with Gasteiger partial charge in [0, 0.05) is 34.1 Å². The number of aryl methyl sites for hydroxylation is 2. The summed E-state index contributed by atoms with van der Waals surface area (Å²) in [6.45, 7) is 2.03. The highest BCUT2D eigenvalue weighted by molar-refractivity contribution is 5.86. The summed E-state index contributed by atoms with van der Waals surface area (Å²) >= 11 is 0. The molecule has 0 fully saturated rings. The van der Waals surface area contributed by atoms with Crippen molar-refractivity contribution in [1.29, 1.82) is 0 Å². The highest BCUT2D eigenvalue weighted by Gasteiger charge is 2.15. The van der Waals surface area contributed by atoms with Gasteiger partial charge >= 0.3 is 0 Å². The van der Waals surface area contributed by atoms with Crippen molar-refractivity contribution < 1.29 is 0 Å². The molecule has 186 valence electrons. The Kier molecular flexibility index (Phi) is 5.78. The van der Waals surface area contributed by atoms with E-state index in [9.17, 15) is 0 Å². The van der Waals surface area contributed by atoms with Crippen LogP contribution in [-0.4, -0.2) is 19.9 Å². The number of allylic oxidation sites excluding steroid dienone is 1. The molecule has 0 saturated heterocycles. The molecule has 4 nitrogen and oxygen atoms in total. The first-order valence-electron chi connectivity index (χ1n) is 13.3. The molecule has 0 atom stereocenters. The van der Waals surface area contributed by atoms with E-state index in [4.69, 9.17) is 15.0 Å². The molecule has 0 saturated carbocycles. The van der Waals surface area contributed by atoms with Gasteiger partial charge in [0.25, 0.3) is 0 Å². The van der Waals surface area contributed by atoms with Crippen LogP contribution in [0.5, 0.6) is 0 Å². The summed E-state index contributed by atoms with van der Waals surface area (Å²) < 4.78 is 0. The Labute approximate surface area is 227 Å². The van der Waals surface area contributed by atoms with Crippen molar-refractivity contribution in [2.24, 2.45) is 0 Å². The first-order valence-corrected chi connectivity index (χ1v) is 13.3. The van der Waals surface area contributed by atoms with Crippen LogP contribution in [0.25, 0.3) is 62.1 Å². The highest BCUT2D eigenvalue weighted by atomic mass is 15.0. The third-order valence-electron chi connectivity index (χ3n) is 7.39. The predicted octanol–water partition coefficient (Wildman–Crippen LogP) is 8.36. The molecule has 0 unspecified atom stereocenters. The first kappa shape index (κ1) is 23.2. The maximum absolute atomic E-state index is 4.98. The van der Waals surface area contributed by atoms with E-state index in [0.717, 1.165) is 51.7 Å². The lowest BCUT2D eigenvalue weighted by molar-refractivity contribution is 0.985. The fraction of sp³-hybridized carbons (Fsp3) is 0.0857. The molecule has 4 heteroatoms. The molecular weight excluding hydrogens is 476 g/mol. The molecule has 39 heavy (non-hydrogen) atoms. The number of aromatic nitrogens is 4. The Bertz CT molecular complexity index is 1870. The molecule has 2 heterocycles. The van der Waals surface area contributed by atoms with E-state index in [1.165, 1.54) is 16.5 Å². The fourth-order valence-electron chi connectivity index (χ4n) is 5.25. The zero-order valence-corrected chi connectivity index (χ0v) is 21.7. The lowest BCUT2D eigenvalue weighted by atomic mass is 9.95. The van der Waals surface area contributed by atoms with Gasteiger partial charge in [0.05, 0.1) is 0 Å². The van der Waals surface area contributed by atoms with Crippen LogP contribution in [0.2, 0.25) is 0 Å². The van der Waals surface area contributed by atoms with Gasteiger partial charge < -0.3 is 0 Å². The Morgan fingerprint density at radius 1 is 0.590 bits per heavy atom. The molecule has 0 N–H and O–H groups in total. The van der Waals surface area contributed by atoms with Crippen LogP contribution in [-0.2, 0) is 6.42 Å². The monoisotopic (exact) mass is 502 g/mol. The Balaban J connectivity index is 1.36. The van der Waals surface area contributed by atoms with Crippen molar-refractivity contribution >= 4 is 16.8 Å². The average molecular weight is 503 g/mol. The first-order chi connectivity index (χ1) is 19.2. The number of hydrogen-bond donors (Lipinski definition) is 0. The van der Waals surface area contributed by atoms with Crippen molar-refractivity contribution in [2.45, 2.75) is 19.8 Å². The molecule has 6 aromatic rings. The van der Waals surface area contributed by atoms with Crippen LogP contribution in [0.4, 0.5) is 0 Å². The van der Waals surface area contributed by atoms with Crippen molar-refractivity contribution in [2.75, 3.05) is 0 Å². The Hall–Kier alpha value is -4.96. The predicted molar refractivity (Wildman–Crippen MR) is 159 cm³/mol. The van der Waals surface area contributed by atoms with Crippen LogP contribution >= 0.6 is 0 Å². The van der Waals surface area contributed by atoms with E-state index in [2.05, 4.69) is 108 Å². The van der Waals surface area contributed by atoms with E-state index in [0.29, 0.717) is 17.5 Å². The molecule has 0 bridgehead atoms. The largest absolute Gasteiger partial charge is 0.261 e. The van der Waals surface area contributed by atoms with Crippen LogP contribution in [0.15, 0.2) is 109 Å². The maximum Gasteiger partial charge on any atom is 0.164 e. The molecular formula is C35H26N4. The lowest BCUT2D eigenvalue weighted by Gasteiger charge is -2.13. The number of fused-ring (bicyclic) bond motifs is 2. The standard InChI is InChI=1S/C35H26N4/c1-23-32(11-6-20-36-23)26-14-16-27(17-15-26)33-37-34(30-18-12-24-7-2-4-9-28(24)21-30)39-35(38-33)31-19-13-25-8-3-5-10-29(25)22-31/h2,4-7,9-22H,3,8H2,1H3. The Morgan fingerprint density at radius 2 is 1.26 bits per heavy atom. The molecule has 1 aliphatic rings. The minimum atomic E-state index is 0.658. The number of hydrogen-bond acceptors (Lipinski definition) is 4. The van der Waals surface area contributed by atoms with E-state index >= 15 is 0 Å². The molecule has 0 aliphatic heterocycles. The fourth-order valence-corrected chi connectivity index (χ4v) is 5.25. The molecule has 7 rings (SSSR count). The zero-order valence-electron chi connectivity index (χ0n) is 21.7. The number of benzene rings is 4. The summed E-state index contributed by atoms with van der Waals surface area (Å²) in [5.74, 6) is 2.00. The molecule has 0 amide bonds. The summed E-state index contributed by atoms with van der Waals surface area (Å²) in [5.41, 5.74) is 8.77. The SMILES string of the molecule is Cc1ncccc1-c1ccc(-c2nc(-c3ccc4c(c3)C=CCC4)nc(-c3ccc4ccccc4c3)n2)cc1. The molecule has 0 radical (unpaired) electrons. The van der Waals surface area contributed by atoms with E-state index in [-0.39, 0.29) is 0 Å². The van der Waals surface area contributed by atoms with Crippen molar-refractivity contribution in [3.8, 4) is 45.3 Å². The topological polar surface area (TPSA) is 51.6 Å². The van der Waals surface area contributed by atoms with Gasteiger partial charge in [-0.15, -0.1) is 0 Å². The molecule has 4 aromatic carbocycles. The minimum absolute atomic E-state index is 0.658. The van der Waals surface area contributed by atoms with Crippen LogP contribution in [0.3, 0.4) is 0 Å². The minimum Gasteiger partial charge on any atom is -0.261 e. The van der Waals surface area contributed by atoms with Gasteiger partial charge in [-0.2, -0.15) is 0 Å². The van der Waals surface area contributed by atoms with Gasteiger partial charge in [-0.05, 0) is 65.4 Å². The van der Waals surface area contributed by atoms with Gasteiger partial charge in [0.2, 0.25) is 0 Å². The molecule has 2 aromatic heterocycles. The van der Waals surface area contributed by atoms with Crippen LogP contribution in [0.1, 0.15) is 23.2 Å². The van der Waals surface area contributed by atoms with Gasteiger partial charge in [0.1, 0.15) is 0 Å². The van der Waals surface area contributed by atoms with Gasteiger partial charge in [-0.25, -0.2) is 15.0 Å². The average Bonchev–Trinajstić information content (AvgIpc) is 3.01. The third-order valence-corrected chi connectivity index (χ3v) is 7.39. The summed E-state index contributed by atoms with van der Waals surface area (Å²) in [6, 6.07) is 33.7. The number of nitrogens with zero attached hydrogens (tertiary/aromatic N) is 4. The van der Waals surface area contributed by atoms with Crippen molar-refractivity contribution in [3.63, 3.8) is 0 Å². The molecule has 0 spiro atoms. The Morgan fingerprint density at radius 3 is 2.05 bits per heavy atom. The summed E-state index contributed by atoms with van der Waals surface area (Å²) in [4.78, 5) is 19.4. The summed E-state index contributed by atoms with van der Waals surface area (Å²) in [5, 5.41) is 2.35. The second kappa shape index (κ2) is 9.73. The van der Waals surface area contributed by atoms with Crippen molar-refractivity contribution in [3.05, 3.63) is 126 Å². The molecule has 1 aliphatic carbocycles. The quantitative estimate of drug-likeness (QED) is 0.243. The van der Waals surface area contributed by atoms with Gasteiger partial charge in [-0.3, -0.25) is 4.98 Å². The second-order valence-corrected chi connectivity index (χ2v) is 9.94. The van der Waals surface area contributed by atoms with Gasteiger partial charge in [-0.1, -0.05) is 91.0 Å². The normalized spacial score (nSPS) is 12.4. The van der Waals surface area contributed by atoms with Crippen LogP contribution < -0.4 is 0 Å². The van der Waals surface area contributed by atoms with E-state index < -0.39 is 0 Å². The maximum atomic E-state index is 4.98. The van der Waals surface area contributed by atoms with Gasteiger partial charge in [0.15, 0.2) is 17.5 Å². The second-order valence-electron chi connectivity index (χ2n) is 9.94. The number of rotatable bonds is 4. The lowest BCUT2D eigenvalue weighted by Crippen LogP contribution is -2.01. The van der Waals surface area contributed by atoms with E-state index in [1.807, 2.05) is 19.2 Å². The van der Waals surface area contributed by atoms with E-state index in [1.54, 1.807) is 0 Å². The summed E-state index contributed by atoms with van der Waals surface area (Å²) in [6.07, 6.45) is 8.41. The third kappa shape index (κ3) is 4.51. The smallest absolute Gasteiger partial charge is 0.164 e. The number of pyridine rings is 1.